The lowest BCUT2D eigenvalue weighted by Crippen LogP contribution is -2.00. The number of nitrogens with zero attached hydrogens (tertiary/aromatic N) is 1. The number of carbonyl (C=O) groups is 1. The molecule has 0 atom stereocenters. The Morgan fingerprint density at radius 2 is 1.35 bits per heavy atom. The first-order valence-corrected chi connectivity index (χ1v) is 6.46. The van der Waals surface area contributed by atoms with Crippen LogP contribution in [0.1, 0.15) is 15.9 Å². The first-order chi connectivity index (χ1) is 9.84. The van der Waals surface area contributed by atoms with Crippen molar-refractivity contribution >= 4 is 5.78 Å². The molecule has 0 fully saturated rings. The predicted octanol–water partition coefficient (Wildman–Crippen LogP) is 3.98. The summed E-state index contributed by atoms with van der Waals surface area (Å²) in [5, 5.41) is 0. The molecule has 0 saturated carbocycles. The topological polar surface area (TPSA) is 30.0 Å². The van der Waals surface area contributed by atoms with Crippen molar-refractivity contribution in [3.63, 3.8) is 0 Å². The fraction of sp³-hybridized carbons (Fsp3) is 0. The van der Waals surface area contributed by atoms with E-state index in [1.807, 2.05) is 72.8 Å². The van der Waals surface area contributed by atoms with Crippen molar-refractivity contribution in [2.45, 2.75) is 0 Å². The fourth-order valence-corrected chi connectivity index (χ4v) is 2.08. The van der Waals surface area contributed by atoms with Crippen LogP contribution in [0.25, 0.3) is 11.3 Å². The molecule has 2 aromatic carbocycles. The second-order valence-electron chi connectivity index (χ2n) is 4.49. The van der Waals surface area contributed by atoms with E-state index in [9.17, 15) is 4.79 Å². The van der Waals surface area contributed by atoms with Gasteiger partial charge in [-0.15, -0.1) is 0 Å². The molecule has 0 aliphatic heterocycles. The highest BCUT2D eigenvalue weighted by molar-refractivity contribution is 6.09. The molecule has 20 heavy (non-hydrogen) atoms. The molecule has 0 saturated heterocycles. The minimum atomic E-state index is 0.0400. The Balaban J connectivity index is 1.89. The van der Waals surface area contributed by atoms with Crippen molar-refractivity contribution in [1.82, 2.24) is 4.98 Å². The van der Waals surface area contributed by atoms with E-state index in [2.05, 4.69) is 4.98 Å². The molecule has 1 aromatic heterocycles. The minimum absolute atomic E-state index is 0.0400. The van der Waals surface area contributed by atoms with E-state index >= 15 is 0 Å². The van der Waals surface area contributed by atoms with Gasteiger partial charge in [-0.25, -0.2) is 0 Å². The Morgan fingerprint density at radius 3 is 2.00 bits per heavy atom. The van der Waals surface area contributed by atoms with Crippen molar-refractivity contribution in [3.05, 3.63) is 90.1 Å². The third-order valence-corrected chi connectivity index (χ3v) is 3.14. The highest BCUT2D eigenvalue weighted by atomic mass is 16.1. The summed E-state index contributed by atoms with van der Waals surface area (Å²) < 4.78 is 0. The van der Waals surface area contributed by atoms with E-state index < -0.39 is 0 Å². The molecule has 0 bridgehead atoms. The first kappa shape index (κ1) is 12.3. The number of rotatable bonds is 3. The summed E-state index contributed by atoms with van der Waals surface area (Å²) in [5.74, 6) is 0.0400. The highest BCUT2D eigenvalue weighted by Gasteiger charge is 2.08. The van der Waals surface area contributed by atoms with Crippen LogP contribution >= 0.6 is 0 Å². The normalized spacial score (nSPS) is 10.2. The average molecular weight is 259 g/mol. The summed E-state index contributed by atoms with van der Waals surface area (Å²) >= 11 is 0. The number of ketones is 1. The van der Waals surface area contributed by atoms with Crippen LogP contribution in [0.4, 0.5) is 0 Å². The molecule has 96 valence electrons. The van der Waals surface area contributed by atoms with Crippen LogP contribution in [0.15, 0.2) is 79.0 Å². The first-order valence-electron chi connectivity index (χ1n) is 6.46. The molecule has 0 radical (unpaired) electrons. The molecule has 0 amide bonds. The zero-order valence-electron chi connectivity index (χ0n) is 10.9. The van der Waals surface area contributed by atoms with Crippen LogP contribution < -0.4 is 0 Å². The van der Waals surface area contributed by atoms with Crippen LogP contribution in [0, 0.1) is 0 Å². The van der Waals surface area contributed by atoms with Gasteiger partial charge >= 0.3 is 0 Å². The highest BCUT2D eigenvalue weighted by Crippen LogP contribution is 2.18. The van der Waals surface area contributed by atoms with Gasteiger partial charge in [0.2, 0.25) is 0 Å². The van der Waals surface area contributed by atoms with E-state index in [0.717, 1.165) is 11.3 Å². The smallest absolute Gasteiger partial charge is 0.193 e. The molecule has 3 aromatic rings. The SMILES string of the molecule is O=C(c1ccccc1)c1ccc(-c2ccccn2)cc1. The number of carbonyl (C=O) groups excluding carboxylic acids is 1. The quantitative estimate of drug-likeness (QED) is 0.666. The minimum Gasteiger partial charge on any atom is -0.289 e. The Labute approximate surface area is 117 Å². The maximum absolute atomic E-state index is 12.3. The lowest BCUT2D eigenvalue weighted by atomic mass is 10.0. The maximum Gasteiger partial charge on any atom is 0.193 e. The van der Waals surface area contributed by atoms with Crippen molar-refractivity contribution < 1.29 is 4.79 Å². The van der Waals surface area contributed by atoms with E-state index in [1.165, 1.54) is 0 Å². The summed E-state index contributed by atoms with van der Waals surface area (Å²) in [5.41, 5.74) is 3.32. The van der Waals surface area contributed by atoms with E-state index in [1.54, 1.807) is 6.20 Å². The molecule has 0 unspecified atom stereocenters. The van der Waals surface area contributed by atoms with Gasteiger partial charge in [0.15, 0.2) is 5.78 Å². The fourth-order valence-electron chi connectivity index (χ4n) is 2.08. The lowest BCUT2D eigenvalue weighted by Gasteiger charge is -2.03. The number of hydrogen-bond acceptors (Lipinski definition) is 2. The molecule has 1 heterocycles. The summed E-state index contributed by atoms with van der Waals surface area (Å²) in [7, 11) is 0. The van der Waals surface area contributed by atoms with Gasteiger partial charge in [0.25, 0.3) is 0 Å². The van der Waals surface area contributed by atoms with Crippen LogP contribution in [0.2, 0.25) is 0 Å². The van der Waals surface area contributed by atoms with Gasteiger partial charge in [-0.05, 0) is 12.1 Å². The van der Waals surface area contributed by atoms with Crippen LogP contribution in [0.5, 0.6) is 0 Å². The van der Waals surface area contributed by atoms with Gasteiger partial charge in [-0.3, -0.25) is 9.78 Å². The largest absolute Gasteiger partial charge is 0.289 e. The van der Waals surface area contributed by atoms with Crippen LogP contribution in [-0.2, 0) is 0 Å². The molecule has 0 N–H and O–H groups in total. The van der Waals surface area contributed by atoms with Gasteiger partial charge < -0.3 is 0 Å². The maximum atomic E-state index is 12.3. The number of benzene rings is 2. The zero-order valence-corrected chi connectivity index (χ0v) is 10.9. The van der Waals surface area contributed by atoms with Crippen molar-refractivity contribution in [2.75, 3.05) is 0 Å². The third-order valence-electron chi connectivity index (χ3n) is 3.14. The van der Waals surface area contributed by atoms with Gasteiger partial charge in [-0.1, -0.05) is 60.7 Å². The predicted molar refractivity (Wildman–Crippen MR) is 79.5 cm³/mol. The molecule has 2 nitrogen and oxygen atoms in total. The van der Waals surface area contributed by atoms with Gasteiger partial charge in [0.1, 0.15) is 0 Å². The number of aromatic nitrogens is 1. The molecular formula is C18H13NO. The van der Waals surface area contributed by atoms with Crippen LogP contribution in [0.3, 0.4) is 0 Å². The Hall–Kier alpha value is -2.74. The molecule has 3 rings (SSSR count). The Bertz CT molecular complexity index is 703. The van der Waals surface area contributed by atoms with E-state index in [-0.39, 0.29) is 5.78 Å². The Morgan fingerprint density at radius 1 is 0.700 bits per heavy atom. The lowest BCUT2D eigenvalue weighted by molar-refractivity contribution is 0.103. The summed E-state index contributed by atoms with van der Waals surface area (Å²) in [6, 6.07) is 22.6. The second-order valence-corrected chi connectivity index (χ2v) is 4.49. The monoisotopic (exact) mass is 259 g/mol. The van der Waals surface area contributed by atoms with Gasteiger partial charge in [-0.2, -0.15) is 0 Å². The third kappa shape index (κ3) is 2.50. The number of hydrogen-bond donors (Lipinski definition) is 0. The zero-order chi connectivity index (χ0) is 13.8. The van der Waals surface area contributed by atoms with Crippen molar-refractivity contribution in [1.29, 1.82) is 0 Å². The molecule has 2 heteroatoms. The summed E-state index contributed by atoms with van der Waals surface area (Å²) in [6.07, 6.45) is 1.76. The molecule has 0 aliphatic rings. The molecule has 0 aliphatic carbocycles. The Kier molecular flexibility index (Phi) is 3.38. The summed E-state index contributed by atoms with van der Waals surface area (Å²) in [4.78, 5) is 16.6. The van der Waals surface area contributed by atoms with E-state index in [4.69, 9.17) is 0 Å². The molecule has 0 spiro atoms. The van der Waals surface area contributed by atoms with Crippen LogP contribution in [-0.4, -0.2) is 10.8 Å². The second kappa shape index (κ2) is 5.49. The van der Waals surface area contributed by atoms with Crippen molar-refractivity contribution in [2.24, 2.45) is 0 Å². The van der Waals surface area contributed by atoms with Gasteiger partial charge in [0, 0.05) is 22.9 Å². The van der Waals surface area contributed by atoms with E-state index in [0.29, 0.717) is 11.1 Å². The molecular weight excluding hydrogens is 246 g/mol. The van der Waals surface area contributed by atoms with Gasteiger partial charge in [0.05, 0.1) is 5.69 Å². The average Bonchev–Trinajstić information content (AvgIpc) is 2.56. The van der Waals surface area contributed by atoms with Crippen molar-refractivity contribution in [3.8, 4) is 11.3 Å². The number of pyridine rings is 1. The summed E-state index contributed by atoms with van der Waals surface area (Å²) in [6.45, 7) is 0. The standard InChI is InChI=1S/C18H13NO/c20-18(15-6-2-1-3-7-15)16-11-9-14(10-12-16)17-8-4-5-13-19-17/h1-13H.